The summed E-state index contributed by atoms with van der Waals surface area (Å²) in [5.41, 5.74) is -6.04. The van der Waals surface area contributed by atoms with Crippen molar-refractivity contribution in [1.82, 2.24) is 0 Å². The summed E-state index contributed by atoms with van der Waals surface area (Å²) in [6.07, 6.45) is -7.41. The third-order valence-corrected chi connectivity index (χ3v) is 10.8. The van der Waals surface area contributed by atoms with Crippen LogP contribution < -0.4 is 0 Å². The minimum Gasteiger partial charge on any atom is -0.462 e. The molecule has 11 nitrogen and oxygen atoms in total. The summed E-state index contributed by atoms with van der Waals surface area (Å²) in [7, 11) is 0. The van der Waals surface area contributed by atoms with Gasteiger partial charge >= 0.3 is 17.9 Å². The van der Waals surface area contributed by atoms with Crippen molar-refractivity contribution >= 4 is 17.9 Å². The Hall–Kier alpha value is -2.57. The predicted octanol–water partition coefficient (Wildman–Crippen LogP) is 1.38. The minimum atomic E-state index is -1.69. The molecule has 11 heteroatoms. The molecule has 232 valence electrons. The van der Waals surface area contributed by atoms with Crippen LogP contribution in [0.1, 0.15) is 64.7 Å². The normalized spacial score (nSPS) is 44.4. The zero-order chi connectivity index (χ0) is 31.0. The lowest BCUT2D eigenvalue weighted by Crippen LogP contribution is -2.79. The first-order chi connectivity index (χ1) is 19.5. The van der Waals surface area contributed by atoms with Gasteiger partial charge < -0.3 is 39.4 Å². The fraction of sp³-hybridized carbons (Fsp3) is 0.710. The maximum Gasteiger partial charge on any atom is 0.338 e. The third-order valence-electron chi connectivity index (χ3n) is 10.8. The number of carbonyl (C=O) groups excluding carboxylic acids is 3. The van der Waals surface area contributed by atoms with Crippen molar-refractivity contribution < 1.29 is 53.8 Å². The molecule has 4 N–H and O–H groups in total. The molecule has 3 aliphatic carbocycles. The SMILES string of the molecule is CC(=O)O[C@H]1C[C@@H]2OC[C@@]2(OC(C)=O)[C@H]2[C@H](O)[C@]3(C(C)(C)O)C[C@H](O)[C@@H](C)C3[C@@H](O)[C@H](OC(=O)c3ccccc3)[C@]12C. The third kappa shape index (κ3) is 4.23. The molecule has 1 heterocycles. The van der Waals surface area contributed by atoms with Gasteiger partial charge in [0, 0.05) is 37.5 Å². The van der Waals surface area contributed by atoms with E-state index in [1.165, 1.54) is 27.7 Å². The number of hydrogen-bond donors (Lipinski definition) is 4. The van der Waals surface area contributed by atoms with Crippen molar-refractivity contribution in [3.05, 3.63) is 35.9 Å². The van der Waals surface area contributed by atoms with Crippen LogP contribution in [0.4, 0.5) is 0 Å². The van der Waals surface area contributed by atoms with Gasteiger partial charge in [-0.25, -0.2) is 4.79 Å². The molecule has 12 atom stereocenters. The van der Waals surface area contributed by atoms with Crippen LogP contribution in [0.5, 0.6) is 0 Å². The van der Waals surface area contributed by atoms with Crippen molar-refractivity contribution in [2.24, 2.45) is 28.6 Å². The minimum absolute atomic E-state index is 0.0387. The molecule has 0 aromatic heterocycles. The lowest BCUT2D eigenvalue weighted by molar-refractivity contribution is -0.352. The topological polar surface area (TPSA) is 169 Å². The molecule has 0 amide bonds. The van der Waals surface area contributed by atoms with E-state index in [0.717, 1.165) is 0 Å². The smallest absolute Gasteiger partial charge is 0.338 e. The van der Waals surface area contributed by atoms with E-state index in [4.69, 9.17) is 18.9 Å². The van der Waals surface area contributed by atoms with E-state index in [9.17, 15) is 34.8 Å². The second-order valence-electron chi connectivity index (χ2n) is 13.4. The first-order valence-corrected chi connectivity index (χ1v) is 14.5. The van der Waals surface area contributed by atoms with Gasteiger partial charge in [-0.3, -0.25) is 9.59 Å². The molecule has 0 bridgehead atoms. The van der Waals surface area contributed by atoms with Crippen LogP contribution in [0, 0.1) is 28.6 Å². The number of esters is 3. The fourth-order valence-electron chi connectivity index (χ4n) is 9.00. The summed E-state index contributed by atoms with van der Waals surface area (Å²) < 4.78 is 23.9. The first kappa shape index (κ1) is 30.9. The highest BCUT2D eigenvalue weighted by molar-refractivity contribution is 5.89. The number of carbonyl (C=O) groups is 3. The van der Waals surface area contributed by atoms with Crippen LogP contribution in [0.2, 0.25) is 0 Å². The van der Waals surface area contributed by atoms with E-state index in [1.54, 1.807) is 44.2 Å². The molecule has 1 aromatic carbocycles. The number of rotatable bonds is 5. The largest absolute Gasteiger partial charge is 0.462 e. The monoisotopic (exact) mass is 590 g/mol. The van der Waals surface area contributed by atoms with E-state index in [0.29, 0.717) is 0 Å². The maximum absolute atomic E-state index is 13.6. The Kier molecular flexibility index (Phi) is 7.54. The number of hydrogen-bond acceptors (Lipinski definition) is 11. The average molecular weight is 591 g/mol. The first-order valence-electron chi connectivity index (χ1n) is 14.5. The van der Waals surface area contributed by atoms with Gasteiger partial charge in [0.1, 0.15) is 18.3 Å². The zero-order valence-electron chi connectivity index (χ0n) is 24.9. The lowest BCUT2D eigenvalue weighted by Gasteiger charge is -2.65. The van der Waals surface area contributed by atoms with E-state index in [1.807, 2.05) is 0 Å². The van der Waals surface area contributed by atoms with Gasteiger partial charge in [0.15, 0.2) is 5.60 Å². The average Bonchev–Trinajstić information content (AvgIpc) is 3.15. The standard InChI is InChI=1S/C31H42O11/c1-15-19(34)13-30(28(4,5)38)22(15)23(35)26(41-27(37)18-10-8-7-9-11-18)29(6)20(40-16(2)32)12-21-31(14-39-21,42-17(3)33)24(29)25(30)36/h7-11,15,19-26,34-36,38H,12-14H2,1-6H3/t15-,19+,20+,21+,22?,23-,24+,25+,26+,29-,30+,31+/m1/s1. The van der Waals surface area contributed by atoms with Gasteiger partial charge in [-0.1, -0.05) is 32.0 Å². The molecule has 42 heavy (non-hydrogen) atoms. The number of ether oxygens (including phenoxy) is 4. The fourth-order valence-corrected chi connectivity index (χ4v) is 9.00. The Labute approximate surface area is 245 Å². The maximum atomic E-state index is 13.6. The number of fused-ring (bicyclic) bond motifs is 4. The molecule has 0 spiro atoms. The van der Waals surface area contributed by atoms with Crippen LogP contribution in [0.3, 0.4) is 0 Å². The molecule has 4 aliphatic rings. The Morgan fingerprint density at radius 3 is 2.19 bits per heavy atom. The van der Waals surface area contributed by atoms with Gasteiger partial charge in [-0.05, 0) is 38.3 Å². The van der Waals surface area contributed by atoms with E-state index < -0.39 is 94.3 Å². The molecule has 3 saturated carbocycles. The molecule has 1 unspecified atom stereocenters. The van der Waals surface area contributed by atoms with Gasteiger partial charge in [-0.15, -0.1) is 0 Å². The number of aliphatic hydroxyl groups is 4. The summed E-state index contributed by atoms with van der Waals surface area (Å²) in [6.45, 7) is 8.74. The van der Waals surface area contributed by atoms with Crippen LogP contribution in [-0.4, -0.2) is 92.8 Å². The molecular formula is C31H42O11. The Balaban J connectivity index is 1.80. The molecule has 4 fully saturated rings. The highest BCUT2D eigenvalue weighted by Crippen LogP contribution is 2.68. The van der Waals surface area contributed by atoms with Crippen molar-refractivity contribution in [3.63, 3.8) is 0 Å². The highest BCUT2D eigenvalue weighted by Gasteiger charge is 2.80. The van der Waals surface area contributed by atoms with Crippen molar-refractivity contribution in [2.45, 2.75) is 102 Å². The van der Waals surface area contributed by atoms with Gasteiger partial charge in [0.05, 0.1) is 41.5 Å². The number of benzene rings is 1. The van der Waals surface area contributed by atoms with E-state index >= 15 is 0 Å². The van der Waals surface area contributed by atoms with Crippen LogP contribution in [0.25, 0.3) is 0 Å². The summed E-state index contributed by atoms with van der Waals surface area (Å²) in [5.74, 6) is -4.82. The summed E-state index contributed by atoms with van der Waals surface area (Å²) >= 11 is 0. The van der Waals surface area contributed by atoms with Gasteiger partial charge in [0.25, 0.3) is 0 Å². The molecule has 1 aromatic rings. The molecule has 1 aliphatic heterocycles. The Morgan fingerprint density at radius 2 is 1.67 bits per heavy atom. The number of aliphatic hydroxyl groups excluding tert-OH is 3. The van der Waals surface area contributed by atoms with Crippen molar-refractivity contribution in [1.29, 1.82) is 0 Å². The predicted molar refractivity (Wildman–Crippen MR) is 146 cm³/mol. The second-order valence-corrected chi connectivity index (χ2v) is 13.4. The van der Waals surface area contributed by atoms with Crippen molar-refractivity contribution in [2.75, 3.05) is 6.61 Å². The molecular weight excluding hydrogens is 548 g/mol. The highest BCUT2D eigenvalue weighted by atomic mass is 16.6. The van der Waals surface area contributed by atoms with Gasteiger partial charge in [0.2, 0.25) is 0 Å². The van der Waals surface area contributed by atoms with Crippen LogP contribution >= 0.6 is 0 Å². The lowest BCUT2D eigenvalue weighted by atomic mass is 9.49. The quantitative estimate of drug-likeness (QED) is 0.289. The van der Waals surface area contributed by atoms with Crippen LogP contribution in [-0.2, 0) is 28.5 Å². The summed E-state index contributed by atoms with van der Waals surface area (Å²) in [4.78, 5) is 38.6. The van der Waals surface area contributed by atoms with E-state index in [-0.39, 0.29) is 25.0 Å². The molecule has 5 rings (SSSR count). The van der Waals surface area contributed by atoms with Crippen molar-refractivity contribution in [3.8, 4) is 0 Å². The van der Waals surface area contributed by atoms with Gasteiger partial charge in [-0.2, -0.15) is 0 Å². The second kappa shape index (κ2) is 10.3. The molecule has 0 radical (unpaired) electrons. The summed E-state index contributed by atoms with van der Waals surface area (Å²) in [5, 5.41) is 48.0. The molecule has 1 saturated heterocycles. The Bertz CT molecular complexity index is 1230. The Morgan fingerprint density at radius 1 is 1.02 bits per heavy atom. The van der Waals surface area contributed by atoms with E-state index in [2.05, 4.69) is 0 Å². The summed E-state index contributed by atoms with van der Waals surface area (Å²) in [6, 6.07) is 8.18. The zero-order valence-corrected chi connectivity index (χ0v) is 24.9. The van der Waals surface area contributed by atoms with Crippen LogP contribution in [0.15, 0.2) is 30.3 Å².